The van der Waals surface area contributed by atoms with Crippen LogP contribution in [0.2, 0.25) is 10.0 Å². The summed E-state index contributed by atoms with van der Waals surface area (Å²) in [6.45, 7) is 0. The number of benzene rings is 4. The van der Waals surface area contributed by atoms with E-state index in [4.69, 9.17) is 23.2 Å². The molecule has 0 unspecified atom stereocenters. The van der Waals surface area contributed by atoms with Crippen LogP contribution in [0.25, 0.3) is 0 Å². The Morgan fingerprint density at radius 2 is 1.14 bits per heavy atom. The van der Waals surface area contributed by atoms with Gasteiger partial charge in [-0.05, 0) is 66.7 Å². The highest BCUT2D eigenvalue weighted by atomic mass is 35.5. The molecular weight excluding hydrogens is 557 g/mol. The Kier molecular flexibility index (Phi) is 7.74. The van der Waals surface area contributed by atoms with E-state index in [0.29, 0.717) is 5.69 Å². The third-order valence-electron chi connectivity index (χ3n) is 5.01. The quantitative estimate of drug-likeness (QED) is 0.243. The van der Waals surface area contributed by atoms with Crippen molar-refractivity contribution in [1.29, 1.82) is 0 Å². The molecule has 0 aliphatic carbocycles. The van der Waals surface area contributed by atoms with Gasteiger partial charge >= 0.3 is 0 Å². The Labute approximate surface area is 224 Å². The van der Waals surface area contributed by atoms with Crippen LogP contribution in [0.4, 0.5) is 17.1 Å². The molecule has 1 amide bonds. The van der Waals surface area contributed by atoms with Crippen molar-refractivity contribution in [3.63, 3.8) is 0 Å². The van der Waals surface area contributed by atoms with Gasteiger partial charge in [-0.25, -0.2) is 16.8 Å². The van der Waals surface area contributed by atoms with Gasteiger partial charge in [-0.3, -0.25) is 14.2 Å². The highest BCUT2D eigenvalue weighted by Crippen LogP contribution is 2.26. The highest BCUT2D eigenvalue weighted by Gasteiger charge is 2.19. The number of hydrogen-bond acceptors (Lipinski definition) is 5. The first-order chi connectivity index (χ1) is 17.5. The van der Waals surface area contributed by atoms with Gasteiger partial charge in [-0.2, -0.15) is 0 Å². The minimum atomic E-state index is -3.95. The molecule has 0 atom stereocenters. The predicted molar refractivity (Wildman–Crippen MR) is 145 cm³/mol. The number of halogens is 2. The fourth-order valence-electron chi connectivity index (χ4n) is 3.32. The molecule has 0 bridgehead atoms. The van der Waals surface area contributed by atoms with Crippen molar-refractivity contribution < 1.29 is 21.6 Å². The summed E-state index contributed by atoms with van der Waals surface area (Å²) in [7, 11) is -7.87. The molecule has 4 rings (SSSR count). The lowest BCUT2D eigenvalue weighted by Gasteiger charge is -2.13. The lowest BCUT2D eigenvalue weighted by Crippen LogP contribution is -2.18. The van der Waals surface area contributed by atoms with Crippen molar-refractivity contribution >= 4 is 66.2 Å². The second-order valence-corrected chi connectivity index (χ2v) is 11.9. The van der Waals surface area contributed by atoms with E-state index < -0.39 is 26.0 Å². The molecule has 37 heavy (non-hydrogen) atoms. The van der Waals surface area contributed by atoms with Crippen LogP contribution in [0.3, 0.4) is 0 Å². The number of hydrogen-bond donors (Lipinski definition) is 3. The second kappa shape index (κ2) is 10.8. The molecule has 12 heteroatoms. The van der Waals surface area contributed by atoms with Gasteiger partial charge in [-0.1, -0.05) is 53.5 Å². The summed E-state index contributed by atoms with van der Waals surface area (Å²) in [5.41, 5.74) is 0.672. The van der Waals surface area contributed by atoms with Crippen molar-refractivity contribution in [2.75, 3.05) is 14.8 Å². The summed E-state index contributed by atoms with van der Waals surface area (Å²) < 4.78 is 55.7. The van der Waals surface area contributed by atoms with E-state index in [0.717, 1.165) is 0 Å². The molecule has 4 aromatic carbocycles. The molecule has 190 valence electrons. The Hall–Kier alpha value is -3.57. The maximum absolute atomic E-state index is 12.9. The molecule has 0 heterocycles. The lowest BCUT2D eigenvalue weighted by molar-refractivity contribution is 0.102. The first kappa shape index (κ1) is 26.5. The number of sulfonamides is 2. The smallest absolute Gasteiger partial charge is 0.261 e. The molecule has 0 spiro atoms. The molecule has 0 saturated heterocycles. The Balaban J connectivity index is 1.50. The van der Waals surface area contributed by atoms with E-state index >= 15 is 0 Å². The van der Waals surface area contributed by atoms with Crippen LogP contribution in [-0.2, 0) is 20.0 Å². The van der Waals surface area contributed by atoms with Crippen LogP contribution >= 0.6 is 23.2 Å². The molecule has 0 saturated carbocycles. The molecule has 0 radical (unpaired) electrons. The largest absolute Gasteiger partial charge is 0.322 e. The van der Waals surface area contributed by atoms with Crippen LogP contribution in [0, 0.1) is 0 Å². The third kappa shape index (κ3) is 6.60. The standard InChI is InChI=1S/C25H19Cl2N3O5S2/c26-17-14-18(27)16-20(15-17)29-36(32,33)22-12-10-19(11-13-22)28-25(31)23-8-4-5-9-24(23)30-37(34,35)21-6-2-1-3-7-21/h1-16,29-30H,(H,28,31). The average Bonchev–Trinajstić information content (AvgIpc) is 2.84. The minimum Gasteiger partial charge on any atom is -0.322 e. The summed E-state index contributed by atoms with van der Waals surface area (Å²) in [5.74, 6) is -0.589. The monoisotopic (exact) mass is 575 g/mol. The third-order valence-corrected chi connectivity index (χ3v) is 8.22. The van der Waals surface area contributed by atoms with E-state index in [9.17, 15) is 21.6 Å². The van der Waals surface area contributed by atoms with Gasteiger partial charge in [0.25, 0.3) is 26.0 Å². The second-order valence-electron chi connectivity index (χ2n) is 7.71. The van der Waals surface area contributed by atoms with E-state index in [1.807, 2.05) is 0 Å². The lowest BCUT2D eigenvalue weighted by atomic mass is 10.1. The summed E-state index contributed by atoms with van der Waals surface area (Å²) in [5, 5.41) is 3.19. The number of nitrogens with one attached hydrogen (secondary N) is 3. The topological polar surface area (TPSA) is 121 Å². The van der Waals surface area contributed by atoms with Crippen LogP contribution in [-0.4, -0.2) is 22.7 Å². The first-order valence-corrected chi connectivity index (χ1v) is 14.3. The number of rotatable bonds is 8. The van der Waals surface area contributed by atoms with Crippen molar-refractivity contribution in [3.05, 3.63) is 113 Å². The van der Waals surface area contributed by atoms with Crippen LogP contribution < -0.4 is 14.8 Å². The van der Waals surface area contributed by atoms with Crippen molar-refractivity contribution in [2.24, 2.45) is 0 Å². The maximum atomic E-state index is 12.9. The molecular formula is C25H19Cl2N3O5S2. The van der Waals surface area contributed by atoms with Crippen LogP contribution in [0.5, 0.6) is 0 Å². The highest BCUT2D eigenvalue weighted by molar-refractivity contribution is 7.93. The maximum Gasteiger partial charge on any atom is 0.261 e. The average molecular weight is 576 g/mol. The van der Waals surface area contributed by atoms with Gasteiger partial charge in [0.05, 0.1) is 26.7 Å². The number of amides is 1. The fraction of sp³-hybridized carbons (Fsp3) is 0. The van der Waals surface area contributed by atoms with E-state index in [-0.39, 0.29) is 36.8 Å². The number of para-hydroxylation sites is 1. The molecule has 8 nitrogen and oxygen atoms in total. The molecule has 0 aliphatic rings. The molecule has 4 aromatic rings. The van der Waals surface area contributed by atoms with E-state index in [2.05, 4.69) is 14.8 Å². The van der Waals surface area contributed by atoms with E-state index in [1.54, 1.807) is 30.3 Å². The summed E-state index contributed by atoms with van der Waals surface area (Å²) in [6, 6.07) is 23.7. The number of anilines is 3. The number of carbonyl (C=O) groups is 1. The first-order valence-electron chi connectivity index (χ1n) is 10.6. The Morgan fingerprint density at radius 3 is 1.78 bits per heavy atom. The molecule has 0 aliphatic heterocycles. The Bertz CT molecular complexity index is 1640. The van der Waals surface area contributed by atoms with Crippen LogP contribution in [0.1, 0.15) is 10.4 Å². The summed E-state index contributed by atoms with van der Waals surface area (Å²) in [4.78, 5) is 12.9. The van der Waals surface area contributed by atoms with Gasteiger partial charge in [0, 0.05) is 15.7 Å². The molecule has 0 fully saturated rings. The van der Waals surface area contributed by atoms with Gasteiger partial charge in [-0.15, -0.1) is 0 Å². The van der Waals surface area contributed by atoms with Crippen molar-refractivity contribution in [2.45, 2.75) is 9.79 Å². The van der Waals surface area contributed by atoms with Crippen LogP contribution in [0.15, 0.2) is 107 Å². The number of carbonyl (C=O) groups excluding carboxylic acids is 1. The van der Waals surface area contributed by atoms with Crippen molar-refractivity contribution in [1.82, 2.24) is 0 Å². The zero-order valence-electron chi connectivity index (χ0n) is 18.9. The van der Waals surface area contributed by atoms with Gasteiger partial charge < -0.3 is 5.32 Å². The zero-order chi connectivity index (χ0) is 26.6. The van der Waals surface area contributed by atoms with E-state index in [1.165, 1.54) is 66.7 Å². The minimum absolute atomic E-state index is 0.0515. The predicted octanol–water partition coefficient (Wildman–Crippen LogP) is 5.85. The summed E-state index contributed by atoms with van der Waals surface area (Å²) >= 11 is 11.9. The zero-order valence-corrected chi connectivity index (χ0v) is 22.0. The fourth-order valence-corrected chi connectivity index (χ4v) is 5.98. The Morgan fingerprint density at radius 1 is 0.595 bits per heavy atom. The molecule has 3 N–H and O–H groups in total. The molecule has 0 aromatic heterocycles. The van der Waals surface area contributed by atoms with Gasteiger partial charge in [0.15, 0.2) is 0 Å². The van der Waals surface area contributed by atoms with Crippen molar-refractivity contribution in [3.8, 4) is 0 Å². The van der Waals surface area contributed by atoms with Gasteiger partial charge in [0.2, 0.25) is 0 Å². The SMILES string of the molecule is O=C(Nc1ccc(S(=O)(=O)Nc2cc(Cl)cc(Cl)c2)cc1)c1ccccc1NS(=O)(=O)c1ccccc1. The summed E-state index contributed by atoms with van der Waals surface area (Å²) in [6.07, 6.45) is 0. The van der Waals surface area contributed by atoms with Gasteiger partial charge in [0.1, 0.15) is 0 Å². The normalized spacial score (nSPS) is 11.5.